The lowest BCUT2D eigenvalue weighted by Crippen LogP contribution is -2.04. The zero-order chi connectivity index (χ0) is 14.5. The van der Waals surface area contributed by atoms with E-state index in [1.54, 1.807) is 11.8 Å². The smallest absolute Gasteiger partial charge is 0.161 e. The zero-order valence-corrected chi connectivity index (χ0v) is 13.0. The molecule has 3 rings (SSSR count). The van der Waals surface area contributed by atoms with Gasteiger partial charge in [-0.1, -0.05) is 35.5 Å². The van der Waals surface area contributed by atoms with Gasteiger partial charge in [-0.05, 0) is 42.0 Å². The van der Waals surface area contributed by atoms with Crippen LogP contribution in [0, 0.1) is 0 Å². The van der Waals surface area contributed by atoms with Crippen molar-refractivity contribution in [2.75, 3.05) is 17.6 Å². The van der Waals surface area contributed by atoms with E-state index in [9.17, 15) is 0 Å². The van der Waals surface area contributed by atoms with Crippen LogP contribution >= 0.6 is 23.4 Å². The highest BCUT2D eigenvalue weighted by molar-refractivity contribution is 8.14. The van der Waals surface area contributed by atoms with Gasteiger partial charge in [0.2, 0.25) is 0 Å². The molecule has 1 aliphatic rings. The first-order chi connectivity index (χ1) is 10.3. The van der Waals surface area contributed by atoms with Crippen molar-refractivity contribution >= 4 is 34.2 Å². The van der Waals surface area contributed by atoms with Gasteiger partial charge in [-0.15, -0.1) is 0 Å². The summed E-state index contributed by atoms with van der Waals surface area (Å²) in [6.07, 6.45) is 0. The number of hydrogen-bond donors (Lipinski definition) is 1. The zero-order valence-electron chi connectivity index (χ0n) is 11.4. The van der Waals surface area contributed by atoms with Crippen LogP contribution in [0.1, 0.15) is 5.56 Å². The van der Waals surface area contributed by atoms with Crippen LogP contribution in [0.4, 0.5) is 5.69 Å². The standard InChI is InChI=1S/C16H15ClN2OS/c17-13-3-1-2-12(10-13)11-20-15-6-4-14(5-7-15)19-16-18-8-9-21-16/h1-7,10H,8-9,11H2,(H,18,19). The summed E-state index contributed by atoms with van der Waals surface area (Å²) in [5.74, 6) is 1.89. The van der Waals surface area contributed by atoms with E-state index in [0.29, 0.717) is 6.61 Å². The molecule has 0 spiro atoms. The number of benzene rings is 2. The summed E-state index contributed by atoms with van der Waals surface area (Å²) in [5, 5.41) is 5.01. The van der Waals surface area contributed by atoms with Crippen molar-refractivity contribution < 1.29 is 4.74 Å². The Hall–Kier alpha value is -1.65. The van der Waals surface area contributed by atoms with Crippen LogP contribution in [0.3, 0.4) is 0 Å². The molecule has 0 bridgehead atoms. The minimum atomic E-state index is 0.510. The number of anilines is 1. The van der Waals surface area contributed by atoms with Crippen LogP contribution < -0.4 is 10.1 Å². The van der Waals surface area contributed by atoms with Crippen LogP contribution in [0.15, 0.2) is 53.5 Å². The summed E-state index contributed by atoms with van der Waals surface area (Å²) in [4.78, 5) is 4.36. The number of rotatable bonds is 4. The van der Waals surface area contributed by atoms with E-state index >= 15 is 0 Å². The Kier molecular flexibility index (Phi) is 4.68. The van der Waals surface area contributed by atoms with Gasteiger partial charge in [0.05, 0.1) is 6.54 Å². The molecule has 0 atom stereocenters. The molecule has 1 N–H and O–H groups in total. The molecule has 1 heterocycles. The van der Waals surface area contributed by atoms with Crippen LogP contribution in [0.2, 0.25) is 5.02 Å². The lowest BCUT2D eigenvalue weighted by Gasteiger charge is -2.09. The largest absolute Gasteiger partial charge is 0.489 e. The highest BCUT2D eigenvalue weighted by atomic mass is 35.5. The van der Waals surface area contributed by atoms with E-state index in [1.807, 2.05) is 48.5 Å². The fourth-order valence-electron chi connectivity index (χ4n) is 1.96. The number of ether oxygens (including phenoxy) is 1. The lowest BCUT2D eigenvalue weighted by molar-refractivity contribution is 0.306. The van der Waals surface area contributed by atoms with Gasteiger partial charge >= 0.3 is 0 Å². The second kappa shape index (κ2) is 6.87. The number of aliphatic imine (C=N–C) groups is 1. The molecule has 1 aliphatic heterocycles. The molecular formula is C16H15ClN2OS. The third-order valence-corrected chi connectivity index (χ3v) is 4.11. The van der Waals surface area contributed by atoms with Gasteiger partial charge in [-0.3, -0.25) is 4.99 Å². The summed E-state index contributed by atoms with van der Waals surface area (Å²) < 4.78 is 5.75. The number of amidine groups is 1. The first kappa shape index (κ1) is 14.3. The second-order valence-electron chi connectivity index (χ2n) is 4.60. The first-order valence-corrected chi connectivity index (χ1v) is 8.07. The number of halogens is 1. The fraction of sp³-hybridized carbons (Fsp3) is 0.188. The van der Waals surface area contributed by atoms with Gasteiger partial charge in [-0.2, -0.15) is 0 Å². The second-order valence-corrected chi connectivity index (χ2v) is 6.12. The molecular weight excluding hydrogens is 304 g/mol. The number of hydrogen-bond acceptors (Lipinski definition) is 4. The highest BCUT2D eigenvalue weighted by Crippen LogP contribution is 2.20. The summed E-state index contributed by atoms with van der Waals surface area (Å²) >= 11 is 7.70. The number of thioether (sulfide) groups is 1. The van der Waals surface area contributed by atoms with Crippen molar-refractivity contribution in [1.29, 1.82) is 0 Å². The van der Waals surface area contributed by atoms with Crippen molar-refractivity contribution in [3.8, 4) is 5.75 Å². The van der Waals surface area contributed by atoms with E-state index in [4.69, 9.17) is 16.3 Å². The predicted molar refractivity (Wildman–Crippen MR) is 90.6 cm³/mol. The molecule has 21 heavy (non-hydrogen) atoms. The van der Waals surface area contributed by atoms with Crippen molar-refractivity contribution in [2.24, 2.45) is 4.99 Å². The predicted octanol–water partition coefficient (Wildman–Crippen LogP) is 4.43. The van der Waals surface area contributed by atoms with Crippen molar-refractivity contribution in [3.63, 3.8) is 0 Å². The SMILES string of the molecule is Clc1cccc(COc2ccc(NC3=NCCS3)cc2)c1. The molecule has 2 aromatic rings. The lowest BCUT2D eigenvalue weighted by atomic mass is 10.2. The quantitative estimate of drug-likeness (QED) is 0.905. The number of nitrogens with one attached hydrogen (secondary N) is 1. The van der Waals surface area contributed by atoms with Gasteiger partial charge in [-0.25, -0.2) is 0 Å². The topological polar surface area (TPSA) is 33.6 Å². The van der Waals surface area contributed by atoms with E-state index in [2.05, 4.69) is 10.3 Å². The summed E-state index contributed by atoms with van der Waals surface area (Å²) in [7, 11) is 0. The Bertz CT molecular complexity index is 643. The third-order valence-electron chi connectivity index (χ3n) is 2.99. The fourth-order valence-corrected chi connectivity index (χ4v) is 2.92. The molecule has 3 nitrogen and oxygen atoms in total. The minimum absolute atomic E-state index is 0.510. The van der Waals surface area contributed by atoms with Crippen molar-refractivity contribution in [2.45, 2.75) is 6.61 Å². The summed E-state index contributed by atoms with van der Waals surface area (Å²) in [6, 6.07) is 15.6. The molecule has 0 radical (unpaired) electrons. The maximum Gasteiger partial charge on any atom is 0.161 e. The van der Waals surface area contributed by atoms with Crippen molar-refractivity contribution in [1.82, 2.24) is 0 Å². The highest BCUT2D eigenvalue weighted by Gasteiger charge is 2.06. The molecule has 5 heteroatoms. The van der Waals surface area contributed by atoms with E-state index in [1.165, 1.54) is 0 Å². The first-order valence-electron chi connectivity index (χ1n) is 6.71. The average Bonchev–Trinajstić information content (AvgIpc) is 3.00. The molecule has 0 saturated heterocycles. The average molecular weight is 319 g/mol. The van der Waals surface area contributed by atoms with Crippen LogP contribution in [0.5, 0.6) is 5.75 Å². The van der Waals surface area contributed by atoms with Crippen LogP contribution in [0.25, 0.3) is 0 Å². The van der Waals surface area contributed by atoms with E-state index in [0.717, 1.165) is 39.5 Å². The Balaban J connectivity index is 1.56. The molecule has 0 aromatic heterocycles. The Labute approximate surface area is 133 Å². The van der Waals surface area contributed by atoms with E-state index < -0.39 is 0 Å². The molecule has 0 aliphatic carbocycles. The Morgan fingerprint density at radius 2 is 2.05 bits per heavy atom. The Morgan fingerprint density at radius 3 is 2.76 bits per heavy atom. The molecule has 108 valence electrons. The van der Waals surface area contributed by atoms with Crippen LogP contribution in [-0.2, 0) is 6.61 Å². The summed E-state index contributed by atoms with van der Waals surface area (Å²) in [5.41, 5.74) is 2.08. The monoisotopic (exact) mass is 318 g/mol. The maximum absolute atomic E-state index is 5.95. The molecule has 2 aromatic carbocycles. The molecule has 0 unspecified atom stereocenters. The van der Waals surface area contributed by atoms with Gasteiger partial charge in [0.15, 0.2) is 5.17 Å². The maximum atomic E-state index is 5.95. The Morgan fingerprint density at radius 1 is 1.19 bits per heavy atom. The molecule has 0 fully saturated rings. The van der Waals surface area contributed by atoms with Gasteiger partial charge in [0.25, 0.3) is 0 Å². The normalized spacial score (nSPS) is 13.9. The summed E-state index contributed by atoms with van der Waals surface area (Å²) in [6.45, 7) is 1.41. The van der Waals surface area contributed by atoms with Crippen LogP contribution in [-0.4, -0.2) is 17.5 Å². The van der Waals surface area contributed by atoms with Gasteiger partial charge in [0.1, 0.15) is 12.4 Å². The third kappa shape index (κ3) is 4.16. The van der Waals surface area contributed by atoms with Crippen molar-refractivity contribution in [3.05, 3.63) is 59.1 Å². The van der Waals surface area contributed by atoms with Gasteiger partial charge in [0, 0.05) is 16.5 Å². The molecule has 0 amide bonds. The van der Waals surface area contributed by atoms with E-state index in [-0.39, 0.29) is 0 Å². The van der Waals surface area contributed by atoms with Gasteiger partial charge < -0.3 is 10.1 Å². The minimum Gasteiger partial charge on any atom is -0.489 e. The number of nitrogens with zero attached hydrogens (tertiary/aromatic N) is 1. The molecule has 0 saturated carbocycles.